The standard InChI is InChI=1S/C13H15BrN4/c14-10-3-1-2-9(6-10)7-12-16-13-8-11(15)4-5-18(13)17-12/h1-3,6,11H,4-5,7-8,15H2. The molecule has 0 saturated heterocycles. The van der Waals surface area contributed by atoms with Gasteiger partial charge in [-0.05, 0) is 24.1 Å². The zero-order valence-electron chi connectivity index (χ0n) is 10.0. The predicted octanol–water partition coefficient (Wildman–Crippen LogP) is 1.90. The molecule has 0 fully saturated rings. The van der Waals surface area contributed by atoms with Crippen LogP contribution in [0.15, 0.2) is 28.7 Å². The number of fused-ring (bicyclic) bond motifs is 1. The highest BCUT2D eigenvalue weighted by molar-refractivity contribution is 9.10. The van der Waals surface area contributed by atoms with Gasteiger partial charge in [0.05, 0.1) is 0 Å². The maximum absolute atomic E-state index is 5.94. The first-order chi connectivity index (χ1) is 8.70. The van der Waals surface area contributed by atoms with Crippen LogP contribution < -0.4 is 5.73 Å². The van der Waals surface area contributed by atoms with Gasteiger partial charge in [-0.15, -0.1) is 0 Å². The van der Waals surface area contributed by atoms with E-state index in [1.54, 1.807) is 0 Å². The molecule has 1 unspecified atom stereocenters. The lowest BCUT2D eigenvalue weighted by molar-refractivity contribution is 0.432. The van der Waals surface area contributed by atoms with Crippen molar-refractivity contribution in [1.82, 2.24) is 14.8 Å². The minimum absolute atomic E-state index is 0.236. The minimum atomic E-state index is 0.236. The summed E-state index contributed by atoms with van der Waals surface area (Å²) in [4.78, 5) is 4.58. The van der Waals surface area contributed by atoms with Gasteiger partial charge in [-0.1, -0.05) is 28.1 Å². The van der Waals surface area contributed by atoms with Crippen LogP contribution in [0.25, 0.3) is 0 Å². The van der Waals surface area contributed by atoms with Crippen LogP contribution in [0.5, 0.6) is 0 Å². The second-order valence-electron chi connectivity index (χ2n) is 4.73. The smallest absolute Gasteiger partial charge is 0.155 e. The van der Waals surface area contributed by atoms with E-state index in [0.717, 1.165) is 41.9 Å². The van der Waals surface area contributed by atoms with Gasteiger partial charge in [0.15, 0.2) is 5.82 Å². The fourth-order valence-corrected chi connectivity index (χ4v) is 2.73. The van der Waals surface area contributed by atoms with Gasteiger partial charge in [0, 0.05) is 29.9 Å². The van der Waals surface area contributed by atoms with Crippen LogP contribution in [-0.2, 0) is 19.4 Å². The molecule has 0 saturated carbocycles. The third kappa shape index (κ3) is 2.47. The fraction of sp³-hybridized carbons (Fsp3) is 0.385. The Bertz CT molecular complexity index is 564. The summed E-state index contributed by atoms with van der Waals surface area (Å²) in [7, 11) is 0. The number of rotatable bonds is 2. The van der Waals surface area contributed by atoms with Crippen LogP contribution in [0.3, 0.4) is 0 Å². The molecule has 1 aromatic carbocycles. The normalized spacial score (nSPS) is 18.7. The number of benzene rings is 1. The van der Waals surface area contributed by atoms with E-state index >= 15 is 0 Å². The molecule has 0 aliphatic carbocycles. The van der Waals surface area contributed by atoms with Crippen molar-refractivity contribution in [3.8, 4) is 0 Å². The zero-order valence-corrected chi connectivity index (χ0v) is 11.6. The topological polar surface area (TPSA) is 56.7 Å². The zero-order chi connectivity index (χ0) is 12.5. The number of aromatic nitrogens is 3. The summed E-state index contributed by atoms with van der Waals surface area (Å²) in [6.45, 7) is 0.891. The van der Waals surface area contributed by atoms with Crippen molar-refractivity contribution < 1.29 is 0 Å². The molecule has 0 spiro atoms. The highest BCUT2D eigenvalue weighted by Crippen LogP contribution is 2.16. The first-order valence-corrected chi connectivity index (χ1v) is 6.92. The molecule has 94 valence electrons. The Hall–Kier alpha value is -1.20. The number of halogens is 1. The van der Waals surface area contributed by atoms with Crippen LogP contribution >= 0.6 is 15.9 Å². The highest BCUT2D eigenvalue weighted by atomic mass is 79.9. The van der Waals surface area contributed by atoms with E-state index < -0.39 is 0 Å². The number of hydrogen-bond donors (Lipinski definition) is 1. The molecule has 1 aliphatic rings. The maximum Gasteiger partial charge on any atom is 0.155 e. The van der Waals surface area contributed by atoms with E-state index in [2.05, 4.69) is 38.1 Å². The van der Waals surface area contributed by atoms with Crippen molar-refractivity contribution in [2.45, 2.75) is 31.8 Å². The highest BCUT2D eigenvalue weighted by Gasteiger charge is 2.18. The molecule has 2 aromatic rings. The summed E-state index contributed by atoms with van der Waals surface area (Å²) in [6.07, 6.45) is 2.60. The quantitative estimate of drug-likeness (QED) is 0.922. The first kappa shape index (κ1) is 11.9. The molecule has 1 aromatic heterocycles. The molecule has 0 radical (unpaired) electrons. The summed E-state index contributed by atoms with van der Waals surface area (Å²) in [6, 6.07) is 8.49. The molecule has 0 bridgehead atoms. The monoisotopic (exact) mass is 306 g/mol. The lowest BCUT2D eigenvalue weighted by Crippen LogP contribution is -2.31. The van der Waals surface area contributed by atoms with Crippen molar-refractivity contribution in [3.63, 3.8) is 0 Å². The first-order valence-electron chi connectivity index (χ1n) is 6.13. The Kier molecular flexibility index (Phi) is 3.18. The summed E-state index contributed by atoms with van der Waals surface area (Å²) in [5.74, 6) is 1.91. The SMILES string of the molecule is NC1CCn2nc(Cc3cccc(Br)c3)nc2C1. The molecule has 5 heteroatoms. The molecule has 18 heavy (non-hydrogen) atoms. The van der Waals surface area contributed by atoms with Crippen molar-refractivity contribution in [1.29, 1.82) is 0 Å². The molecule has 3 rings (SSSR count). The Morgan fingerprint density at radius 1 is 1.44 bits per heavy atom. The maximum atomic E-state index is 5.94. The third-order valence-corrected chi connectivity index (χ3v) is 3.69. The van der Waals surface area contributed by atoms with Gasteiger partial charge in [-0.3, -0.25) is 0 Å². The lowest BCUT2D eigenvalue weighted by atomic mass is 10.1. The largest absolute Gasteiger partial charge is 0.327 e. The Labute approximate surface area is 114 Å². The second kappa shape index (κ2) is 4.82. The van der Waals surface area contributed by atoms with Crippen LogP contribution in [0.4, 0.5) is 0 Å². The van der Waals surface area contributed by atoms with Crippen molar-refractivity contribution >= 4 is 15.9 Å². The van der Waals surface area contributed by atoms with Gasteiger partial charge in [0.25, 0.3) is 0 Å². The molecule has 1 aliphatic heterocycles. The predicted molar refractivity (Wildman–Crippen MR) is 73.3 cm³/mol. The Balaban J connectivity index is 1.82. The molecule has 2 N–H and O–H groups in total. The number of nitrogens with zero attached hydrogens (tertiary/aromatic N) is 3. The second-order valence-corrected chi connectivity index (χ2v) is 5.64. The third-order valence-electron chi connectivity index (χ3n) is 3.20. The Morgan fingerprint density at radius 3 is 3.17 bits per heavy atom. The van der Waals surface area contributed by atoms with E-state index in [1.165, 1.54) is 5.56 Å². The van der Waals surface area contributed by atoms with Crippen LogP contribution in [0, 0.1) is 0 Å². The van der Waals surface area contributed by atoms with Crippen LogP contribution in [0.2, 0.25) is 0 Å². The molecule has 4 nitrogen and oxygen atoms in total. The molecule has 2 heterocycles. The van der Waals surface area contributed by atoms with Crippen LogP contribution in [0.1, 0.15) is 23.6 Å². The lowest BCUT2D eigenvalue weighted by Gasteiger charge is -2.17. The number of hydrogen-bond acceptors (Lipinski definition) is 3. The molecule has 1 atom stereocenters. The summed E-state index contributed by atoms with van der Waals surface area (Å²) in [5.41, 5.74) is 7.16. The summed E-state index contributed by atoms with van der Waals surface area (Å²) in [5, 5.41) is 4.54. The number of aryl methyl sites for hydroxylation is 1. The van der Waals surface area contributed by atoms with Gasteiger partial charge in [0.1, 0.15) is 5.82 Å². The van der Waals surface area contributed by atoms with Crippen molar-refractivity contribution in [3.05, 3.63) is 46.0 Å². The van der Waals surface area contributed by atoms with E-state index in [4.69, 9.17) is 5.73 Å². The van der Waals surface area contributed by atoms with E-state index in [9.17, 15) is 0 Å². The van der Waals surface area contributed by atoms with Gasteiger partial charge < -0.3 is 5.73 Å². The number of nitrogens with two attached hydrogens (primary N) is 1. The fourth-order valence-electron chi connectivity index (χ4n) is 2.29. The average molecular weight is 307 g/mol. The molecular weight excluding hydrogens is 292 g/mol. The van der Waals surface area contributed by atoms with Crippen molar-refractivity contribution in [2.75, 3.05) is 0 Å². The van der Waals surface area contributed by atoms with Gasteiger partial charge in [-0.2, -0.15) is 5.10 Å². The minimum Gasteiger partial charge on any atom is -0.327 e. The van der Waals surface area contributed by atoms with Gasteiger partial charge in [0.2, 0.25) is 0 Å². The van der Waals surface area contributed by atoms with Crippen molar-refractivity contribution in [2.24, 2.45) is 5.73 Å². The van der Waals surface area contributed by atoms with Gasteiger partial charge >= 0.3 is 0 Å². The summed E-state index contributed by atoms with van der Waals surface area (Å²) < 4.78 is 3.09. The van der Waals surface area contributed by atoms with E-state index in [-0.39, 0.29) is 6.04 Å². The van der Waals surface area contributed by atoms with E-state index in [0.29, 0.717) is 0 Å². The average Bonchev–Trinajstić information content (AvgIpc) is 2.70. The van der Waals surface area contributed by atoms with Gasteiger partial charge in [-0.25, -0.2) is 9.67 Å². The van der Waals surface area contributed by atoms with Crippen LogP contribution in [-0.4, -0.2) is 20.8 Å². The Morgan fingerprint density at radius 2 is 2.33 bits per heavy atom. The molecule has 0 amide bonds. The molecular formula is C13H15BrN4. The summed E-state index contributed by atoms with van der Waals surface area (Å²) >= 11 is 3.48. The van der Waals surface area contributed by atoms with E-state index in [1.807, 2.05) is 16.8 Å².